The van der Waals surface area contributed by atoms with Gasteiger partial charge in [0.15, 0.2) is 0 Å². The van der Waals surface area contributed by atoms with E-state index in [-0.39, 0.29) is 30.8 Å². The molecule has 0 saturated heterocycles. The summed E-state index contributed by atoms with van der Waals surface area (Å²) in [6, 6.07) is 13.9. The van der Waals surface area contributed by atoms with Gasteiger partial charge in [0.2, 0.25) is 21.8 Å². The lowest BCUT2D eigenvalue weighted by Gasteiger charge is -2.30. The largest absolute Gasteiger partial charge is 0.497 e. The molecule has 0 radical (unpaired) electrons. The van der Waals surface area contributed by atoms with Crippen LogP contribution in [0.2, 0.25) is 0 Å². The molecule has 0 fully saturated rings. The molecule has 0 heterocycles. The summed E-state index contributed by atoms with van der Waals surface area (Å²) in [4.78, 5) is 27.6. The number of rotatable bonds is 12. The van der Waals surface area contributed by atoms with E-state index in [1.54, 1.807) is 36.1 Å². The van der Waals surface area contributed by atoms with Crippen molar-refractivity contribution in [1.29, 1.82) is 0 Å². The number of aryl methyl sites for hydroxylation is 1. The first-order chi connectivity index (χ1) is 16.4. The van der Waals surface area contributed by atoms with Crippen LogP contribution in [0, 0.1) is 6.92 Å². The number of benzene rings is 2. The Hall–Kier alpha value is -3.07. The first kappa shape index (κ1) is 28.2. The van der Waals surface area contributed by atoms with E-state index >= 15 is 0 Å². The highest BCUT2D eigenvalue weighted by molar-refractivity contribution is 7.92. The van der Waals surface area contributed by atoms with Crippen LogP contribution in [0.25, 0.3) is 0 Å². The second-order valence-electron chi connectivity index (χ2n) is 8.99. The van der Waals surface area contributed by atoms with Gasteiger partial charge in [-0.2, -0.15) is 0 Å². The van der Waals surface area contributed by atoms with Crippen molar-refractivity contribution in [3.05, 3.63) is 59.7 Å². The van der Waals surface area contributed by atoms with Gasteiger partial charge in [0.05, 0.1) is 19.1 Å². The maximum Gasteiger partial charge on any atom is 0.242 e. The molecule has 2 aromatic carbocycles. The summed E-state index contributed by atoms with van der Waals surface area (Å²) < 4.78 is 31.4. The molecule has 1 atom stereocenters. The van der Waals surface area contributed by atoms with Gasteiger partial charge in [0, 0.05) is 31.6 Å². The van der Waals surface area contributed by atoms with Gasteiger partial charge in [-0.3, -0.25) is 13.9 Å². The number of hydrogen-bond donors (Lipinski definition) is 1. The first-order valence-corrected chi connectivity index (χ1v) is 13.5. The molecule has 0 aliphatic heterocycles. The van der Waals surface area contributed by atoms with Crippen molar-refractivity contribution in [2.45, 2.75) is 59.2 Å². The zero-order valence-corrected chi connectivity index (χ0v) is 22.3. The molecule has 1 N–H and O–H groups in total. The van der Waals surface area contributed by atoms with E-state index < -0.39 is 16.1 Å². The fourth-order valence-electron chi connectivity index (χ4n) is 3.76. The predicted molar refractivity (Wildman–Crippen MR) is 139 cm³/mol. The maximum atomic E-state index is 13.3. The van der Waals surface area contributed by atoms with Gasteiger partial charge in [-0.1, -0.05) is 35.9 Å². The fraction of sp³-hybridized carbons (Fsp3) is 0.462. The Morgan fingerprint density at radius 3 is 2.34 bits per heavy atom. The first-order valence-electron chi connectivity index (χ1n) is 11.7. The molecule has 0 aromatic heterocycles. The Bertz CT molecular complexity index is 1120. The number of hydrogen-bond acceptors (Lipinski definition) is 5. The molecule has 2 aromatic rings. The number of anilines is 1. The molecule has 2 amide bonds. The quantitative estimate of drug-likeness (QED) is 0.478. The van der Waals surface area contributed by atoms with Crippen LogP contribution in [0.3, 0.4) is 0 Å². The van der Waals surface area contributed by atoms with Crippen molar-refractivity contribution < 1.29 is 22.7 Å². The number of nitrogens with zero attached hydrogens (tertiary/aromatic N) is 2. The molecule has 0 saturated carbocycles. The highest BCUT2D eigenvalue weighted by Gasteiger charge is 2.27. The fourth-order valence-corrected chi connectivity index (χ4v) is 4.72. The average Bonchev–Trinajstić information content (AvgIpc) is 2.78. The van der Waals surface area contributed by atoms with Crippen molar-refractivity contribution in [3.8, 4) is 5.75 Å². The summed E-state index contributed by atoms with van der Waals surface area (Å²) in [6.45, 7) is 7.85. The lowest BCUT2D eigenvalue weighted by atomic mass is 10.1. The number of methoxy groups -OCH3 is 1. The molecule has 2 rings (SSSR count). The molecule has 0 unspecified atom stereocenters. The SMILES string of the molecule is COc1cccc(N(CCCC(=O)N(Cc2cccc(C)c2)[C@H](C)C(=O)NC(C)C)S(C)(=O)=O)c1. The minimum absolute atomic E-state index is 0.0490. The summed E-state index contributed by atoms with van der Waals surface area (Å²) in [7, 11) is -2.05. The normalized spacial score (nSPS) is 12.2. The third-order valence-corrected chi connectivity index (χ3v) is 6.72. The van der Waals surface area contributed by atoms with Crippen molar-refractivity contribution in [2.24, 2.45) is 0 Å². The standard InChI is InChI=1S/C26H37N3O5S/c1-19(2)27-26(31)21(4)28(18-22-11-7-10-20(3)16-22)25(30)14-9-15-29(35(6,32)33)23-12-8-13-24(17-23)34-5/h7-8,10-13,16-17,19,21H,9,14-15,18H2,1-6H3,(H,27,31)/t21-/m1/s1. The minimum atomic E-state index is -3.57. The van der Waals surface area contributed by atoms with Gasteiger partial charge in [-0.25, -0.2) is 8.42 Å². The Morgan fingerprint density at radius 1 is 1.06 bits per heavy atom. The number of ether oxygens (including phenoxy) is 1. The molecule has 35 heavy (non-hydrogen) atoms. The molecule has 8 nitrogen and oxygen atoms in total. The number of nitrogens with one attached hydrogen (secondary N) is 1. The average molecular weight is 504 g/mol. The topological polar surface area (TPSA) is 96.0 Å². The van der Waals surface area contributed by atoms with E-state index in [0.717, 1.165) is 17.4 Å². The Morgan fingerprint density at radius 2 is 1.74 bits per heavy atom. The van der Waals surface area contributed by atoms with Crippen molar-refractivity contribution in [2.75, 3.05) is 24.2 Å². The van der Waals surface area contributed by atoms with Crippen LogP contribution in [-0.2, 0) is 26.2 Å². The molecule has 0 bridgehead atoms. The highest BCUT2D eigenvalue weighted by Crippen LogP contribution is 2.24. The monoisotopic (exact) mass is 503 g/mol. The summed E-state index contributed by atoms with van der Waals surface area (Å²) >= 11 is 0. The van der Waals surface area contributed by atoms with Crippen molar-refractivity contribution in [1.82, 2.24) is 10.2 Å². The van der Waals surface area contributed by atoms with E-state index in [4.69, 9.17) is 4.74 Å². The molecule has 0 aliphatic rings. The minimum Gasteiger partial charge on any atom is -0.497 e. The van der Waals surface area contributed by atoms with Crippen LogP contribution in [0.15, 0.2) is 48.5 Å². The Kier molecular flexibility index (Phi) is 10.1. The van der Waals surface area contributed by atoms with E-state index in [9.17, 15) is 18.0 Å². The lowest BCUT2D eigenvalue weighted by Crippen LogP contribution is -2.49. The number of carbonyl (C=O) groups excluding carboxylic acids is 2. The van der Waals surface area contributed by atoms with Crippen LogP contribution in [0.4, 0.5) is 5.69 Å². The van der Waals surface area contributed by atoms with Crippen LogP contribution in [-0.4, -0.2) is 57.1 Å². The smallest absolute Gasteiger partial charge is 0.242 e. The molecular formula is C26H37N3O5S. The van der Waals surface area contributed by atoms with Crippen LogP contribution < -0.4 is 14.4 Å². The Balaban J connectivity index is 2.18. The van der Waals surface area contributed by atoms with Crippen molar-refractivity contribution >= 4 is 27.5 Å². The maximum absolute atomic E-state index is 13.3. The van der Waals surface area contributed by atoms with Gasteiger partial charge in [0.25, 0.3) is 0 Å². The zero-order valence-electron chi connectivity index (χ0n) is 21.4. The number of sulfonamides is 1. The van der Waals surface area contributed by atoms with E-state index in [0.29, 0.717) is 24.4 Å². The zero-order chi connectivity index (χ0) is 26.2. The third kappa shape index (κ3) is 8.58. The number of amides is 2. The van der Waals surface area contributed by atoms with Crippen LogP contribution >= 0.6 is 0 Å². The van der Waals surface area contributed by atoms with Crippen molar-refractivity contribution in [3.63, 3.8) is 0 Å². The molecular weight excluding hydrogens is 466 g/mol. The summed E-state index contributed by atoms with van der Waals surface area (Å²) in [6.07, 6.45) is 1.53. The molecule has 192 valence electrons. The van der Waals surface area contributed by atoms with E-state index in [1.165, 1.54) is 11.4 Å². The van der Waals surface area contributed by atoms with Gasteiger partial charge in [-0.05, 0) is 51.8 Å². The second-order valence-corrected chi connectivity index (χ2v) is 10.9. The van der Waals surface area contributed by atoms with E-state index in [2.05, 4.69) is 5.32 Å². The number of carbonyl (C=O) groups is 2. The van der Waals surface area contributed by atoms with Crippen LogP contribution in [0.5, 0.6) is 5.75 Å². The van der Waals surface area contributed by atoms with Gasteiger partial charge < -0.3 is 15.0 Å². The lowest BCUT2D eigenvalue weighted by molar-refractivity contribution is -0.140. The van der Waals surface area contributed by atoms with Gasteiger partial charge in [0.1, 0.15) is 11.8 Å². The van der Waals surface area contributed by atoms with Gasteiger partial charge >= 0.3 is 0 Å². The third-order valence-electron chi connectivity index (χ3n) is 5.53. The Labute approximate surface area is 209 Å². The van der Waals surface area contributed by atoms with Crippen LogP contribution in [0.1, 0.15) is 44.7 Å². The molecule has 0 spiro atoms. The summed E-state index contributed by atoms with van der Waals surface area (Å²) in [5.74, 6) is 0.105. The summed E-state index contributed by atoms with van der Waals surface area (Å²) in [5, 5.41) is 2.87. The van der Waals surface area contributed by atoms with Gasteiger partial charge in [-0.15, -0.1) is 0 Å². The predicted octanol–water partition coefficient (Wildman–Crippen LogP) is 3.49. The molecule has 9 heteroatoms. The second kappa shape index (κ2) is 12.6. The summed E-state index contributed by atoms with van der Waals surface area (Å²) in [5.41, 5.74) is 2.47. The molecule has 0 aliphatic carbocycles. The highest BCUT2D eigenvalue weighted by atomic mass is 32.2. The van der Waals surface area contributed by atoms with E-state index in [1.807, 2.05) is 45.0 Å².